The number of rotatable bonds is 16. The second-order valence-corrected chi connectivity index (χ2v) is 10.7. The molecule has 39 heavy (non-hydrogen) atoms. The van der Waals surface area contributed by atoms with E-state index in [1.807, 2.05) is 0 Å². The fraction of sp³-hybridized carbons (Fsp3) is 0.926. The van der Waals surface area contributed by atoms with E-state index in [1.54, 1.807) is 0 Å². The molecule has 0 amide bonds. The summed E-state index contributed by atoms with van der Waals surface area (Å²) in [6.07, 6.45) is 15.6. The third-order valence-electron chi connectivity index (χ3n) is 7.44. The Bertz CT molecular complexity index is 722. The molecule has 2 saturated carbocycles. The molecule has 0 aromatic carbocycles. The number of aliphatic hydroxyl groups excluding tert-OH is 2. The highest BCUT2D eigenvalue weighted by molar-refractivity contribution is 5.78. The first kappa shape index (κ1) is 36.6. The van der Waals surface area contributed by atoms with Crippen LogP contribution in [0.2, 0.25) is 0 Å². The largest absolute Gasteiger partial charge is 0.481 e. The first-order chi connectivity index (χ1) is 18.9. The van der Waals surface area contributed by atoms with Gasteiger partial charge in [-0.2, -0.15) is 0 Å². The molecule has 0 spiro atoms. The standard InChI is InChI=1S/C14H25N3O2.C8H17NO.C5H9N3O2/c15-17-16-9-2-1-3-14(19)11-13-6-4-12(5-7-13)8-10-18;9-8-3-1-7(2-4-8)5-6-10;6-8-7-4-2-1-3-5(9)10/h12-13,18H,1-11H2;7-8,10H,1-6,9H2;1-4H2,(H,9,10). The molecule has 12 nitrogen and oxygen atoms in total. The van der Waals surface area contributed by atoms with Crippen LogP contribution in [0.15, 0.2) is 10.2 Å². The normalized spacial score (nSPS) is 22.0. The molecule has 2 aliphatic carbocycles. The van der Waals surface area contributed by atoms with Gasteiger partial charge in [0.15, 0.2) is 0 Å². The molecule has 2 aliphatic rings. The highest BCUT2D eigenvalue weighted by Crippen LogP contribution is 2.32. The van der Waals surface area contributed by atoms with Crippen LogP contribution in [0.25, 0.3) is 20.9 Å². The molecular weight excluding hydrogens is 502 g/mol. The molecule has 12 heteroatoms. The maximum atomic E-state index is 11.8. The summed E-state index contributed by atoms with van der Waals surface area (Å²) in [6, 6.07) is 0.440. The monoisotopic (exact) mass is 553 g/mol. The van der Waals surface area contributed by atoms with Gasteiger partial charge in [0.1, 0.15) is 5.78 Å². The highest BCUT2D eigenvalue weighted by Gasteiger charge is 2.22. The zero-order chi connectivity index (χ0) is 29.1. The third kappa shape index (κ3) is 23.3. The van der Waals surface area contributed by atoms with Crippen LogP contribution < -0.4 is 5.73 Å². The van der Waals surface area contributed by atoms with Crippen molar-refractivity contribution in [2.75, 3.05) is 26.3 Å². The average Bonchev–Trinajstić information content (AvgIpc) is 2.92. The number of unbranched alkanes of at least 4 members (excludes halogenated alkanes) is 2. The van der Waals surface area contributed by atoms with Gasteiger partial charge in [-0.3, -0.25) is 9.59 Å². The van der Waals surface area contributed by atoms with E-state index in [9.17, 15) is 9.59 Å². The summed E-state index contributed by atoms with van der Waals surface area (Å²) in [7, 11) is 0. The van der Waals surface area contributed by atoms with Crippen LogP contribution in [0.3, 0.4) is 0 Å². The Morgan fingerprint density at radius 1 is 0.718 bits per heavy atom. The van der Waals surface area contributed by atoms with Crippen molar-refractivity contribution in [3.8, 4) is 0 Å². The third-order valence-corrected chi connectivity index (χ3v) is 7.44. The highest BCUT2D eigenvalue weighted by atomic mass is 16.4. The number of hydrogen-bond acceptors (Lipinski definition) is 7. The molecule has 0 aromatic heterocycles. The minimum Gasteiger partial charge on any atom is -0.481 e. The van der Waals surface area contributed by atoms with Crippen LogP contribution in [0.1, 0.15) is 109 Å². The van der Waals surface area contributed by atoms with Gasteiger partial charge in [0.25, 0.3) is 0 Å². The van der Waals surface area contributed by atoms with Crippen LogP contribution in [0.4, 0.5) is 0 Å². The molecule has 0 radical (unpaired) electrons. The lowest BCUT2D eigenvalue weighted by atomic mass is 9.78. The van der Waals surface area contributed by atoms with Crippen molar-refractivity contribution in [1.29, 1.82) is 0 Å². The SMILES string of the molecule is NC1CCC(CCO)CC1.[N-]=[N+]=NCCCCC(=O)CC1CCC(CCO)CC1.[N-]=[N+]=NCCCCC(=O)O. The number of carbonyl (C=O) groups excluding carboxylic acids is 1. The van der Waals surface area contributed by atoms with Crippen molar-refractivity contribution in [2.24, 2.45) is 33.7 Å². The summed E-state index contributed by atoms with van der Waals surface area (Å²) in [6.45, 7) is 1.53. The Kier molecular flexibility index (Phi) is 24.3. The molecule has 224 valence electrons. The van der Waals surface area contributed by atoms with Gasteiger partial charge < -0.3 is 21.1 Å². The van der Waals surface area contributed by atoms with Crippen molar-refractivity contribution >= 4 is 11.8 Å². The number of carbonyl (C=O) groups is 2. The van der Waals surface area contributed by atoms with Crippen LogP contribution in [0.5, 0.6) is 0 Å². The molecule has 0 aromatic rings. The van der Waals surface area contributed by atoms with Gasteiger partial charge in [-0.05, 0) is 106 Å². The second-order valence-electron chi connectivity index (χ2n) is 10.7. The molecule has 2 rings (SSSR count). The number of carboxylic acid groups (broad SMARTS) is 1. The van der Waals surface area contributed by atoms with E-state index in [0.29, 0.717) is 75.6 Å². The molecular formula is C27H51N7O5. The number of Topliss-reactive ketones (excluding diaryl/α,β-unsaturated/α-hetero) is 1. The lowest BCUT2D eigenvalue weighted by Gasteiger charge is -2.27. The van der Waals surface area contributed by atoms with E-state index in [2.05, 4.69) is 20.1 Å². The van der Waals surface area contributed by atoms with Crippen LogP contribution >= 0.6 is 0 Å². The van der Waals surface area contributed by atoms with Crippen LogP contribution in [-0.4, -0.2) is 59.4 Å². The quantitative estimate of drug-likeness (QED) is 0.0770. The summed E-state index contributed by atoms with van der Waals surface area (Å²) in [4.78, 5) is 27.0. The molecule has 0 aliphatic heterocycles. The summed E-state index contributed by atoms with van der Waals surface area (Å²) in [5.41, 5.74) is 21.7. The van der Waals surface area contributed by atoms with E-state index < -0.39 is 5.97 Å². The van der Waals surface area contributed by atoms with Crippen molar-refractivity contribution in [3.63, 3.8) is 0 Å². The van der Waals surface area contributed by atoms with Gasteiger partial charge in [-0.25, -0.2) is 0 Å². The number of azide groups is 2. The maximum Gasteiger partial charge on any atom is 0.303 e. The van der Waals surface area contributed by atoms with Gasteiger partial charge in [0.2, 0.25) is 0 Å². The Hall–Kier alpha value is -2.36. The molecule has 0 bridgehead atoms. The Labute approximate surface area is 233 Å². The number of hydrogen-bond donors (Lipinski definition) is 4. The number of nitrogens with zero attached hydrogens (tertiary/aromatic N) is 6. The van der Waals surface area contributed by atoms with Crippen LogP contribution in [-0.2, 0) is 9.59 Å². The predicted molar refractivity (Wildman–Crippen MR) is 152 cm³/mol. The Morgan fingerprint density at radius 2 is 1.15 bits per heavy atom. The van der Waals surface area contributed by atoms with Gasteiger partial charge in [0.05, 0.1) is 0 Å². The Balaban J connectivity index is 0.000000610. The lowest BCUT2D eigenvalue weighted by molar-refractivity contribution is -0.137. The number of aliphatic hydroxyl groups is 2. The number of ketones is 1. The Morgan fingerprint density at radius 3 is 1.59 bits per heavy atom. The zero-order valence-corrected chi connectivity index (χ0v) is 23.6. The smallest absolute Gasteiger partial charge is 0.303 e. The van der Waals surface area contributed by atoms with Gasteiger partial charge in [-0.1, -0.05) is 23.1 Å². The first-order valence-electron chi connectivity index (χ1n) is 14.6. The fourth-order valence-electron chi connectivity index (χ4n) is 5.04. The van der Waals surface area contributed by atoms with E-state index in [4.69, 9.17) is 32.1 Å². The van der Waals surface area contributed by atoms with Crippen molar-refractivity contribution in [3.05, 3.63) is 20.9 Å². The second kappa shape index (κ2) is 25.9. The molecule has 5 N–H and O–H groups in total. The van der Waals surface area contributed by atoms with E-state index in [-0.39, 0.29) is 6.42 Å². The summed E-state index contributed by atoms with van der Waals surface area (Å²) in [5, 5.41) is 32.4. The minimum absolute atomic E-state index is 0.154. The topological polar surface area (TPSA) is 218 Å². The number of carboxylic acids is 1. The molecule has 0 heterocycles. The van der Waals surface area contributed by atoms with E-state index in [0.717, 1.165) is 70.1 Å². The lowest BCUT2D eigenvalue weighted by Crippen LogP contribution is -2.26. The molecule has 0 unspecified atom stereocenters. The summed E-state index contributed by atoms with van der Waals surface area (Å²) < 4.78 is 0. The minimum atomic E-state index is -0.805. The van der Waals surface area contributed by atoms with Gasteiger partial charge >= 0.3 is 5.97 Å². The maximum absolute atomic E-state index is 11.8. The molecule has 0 atom stereocenters. The van der Waals surface area contributed by atoms with Crippen molar-refractivity contribution in [1.82, 2.24) is 0 Å². The molecule has 2 fully saturated rings. The zero-order valence-electron chi connectivity index (χ0n) is 23.6. The first-order valence-corrected chi connectivity index (χ1v) is 14.6. The van der Waals surface area contributed by atoms with Gasteiger partial charge in [0, 0.05) is 61.4 Å². The summed E-state index contributed by atoms with van der Waals surface area (Å²) in [5.74, 6) is 1.53. The number of aliphatic carboxylic acids is 1. The molecule has 0 saturated heterocycles. The van der Waals surface area contributed by atoms with Crippen molar-refractivity contribution in [2.45, 2.75) is 115 Å². The average molecular weight is 554 g/mol. The summed E-state index contributed by atoms with van der Waals surface area (Å²) >= 11 is 0. The van der Waals surface area contributed by atoms with E-state index in [1.165, 1.54) is 12.8 Å². The number of nitrogens with two attached hydrogens (primary N) is 1. The van der Waals surface area contributed by atoms with Gasteiger partial charge in [-0.15, -0.1) is 0 Å². The fourth-order valence-corrected chi connectivity index (χ4v) is 5.04. The van der Waals surface area contributed by atoms with E-state index >= 15 is 0 Å². The van der Waals surface area contributed by atoms with Crippen molar-refractivity contribution < 1.29 is 24.9 Å². The van der Waals surface area contributed by atoms with Crippen LogP contribution in [0, 0.1) is 17.8 Å². The predicted octanol–water partition coefficient (Wildman–Crippen LogP) is 6.05.